The number of halogens is 5. The zero-order chi connectivity index (χ0) is 27.7. The number of hydrogen-bond acceptors (Lipinski definition) is 5. The Morgan fingerprint density at radius 1 is 1.00 bits per heavy atom. The van der Waals surface area contributed by atoms with Gasteiger partial charge in [-0.25, -0.2) is 0 Å². The van der Waals surface area contributed by atoms with Crippen LogP contribution < -0.4 is 15.6 Å². The van der Waals surface area contributed by atoms with Crippen molar-refractivity contribution in [2.45, 2.75) is 25.1 Å². The van der Waals surface area contributed by atoms with Crippen LogP contribution in [-0.4, -0.2) is 30.8 Å². The number of hydrogen-bond donors (Lipinski definition) is 2. The van der Waals surface area contributed by atoms with Crippen LogP contribution in [0.5, 0.6) is 5.75 Å². The van der Waals surface area contributed by atoms with Crippen molar-refractivity contribution in [3.05, 3.63) is 98.5 Å². The molecule has 0 saturated heterocycles. The summed E-state index contributed by atoms with van der Waals surface area (Å²) in [5.41, 5.74) is 2.85. The summed E-state index contributed by atoms with van der Waals surface area (Å²) >= 11 is 11.9. The number of ether oxygens (including phenoxy) is 1. The van der Waals surface area contributed by atoms with Crippen molar-refractivity contribution in [2.24, 2.45) is 5.16 Å². The fourth-order valence-electron chi connectivity index (χ4n) is 3.96. The number of carbonyl (C=O) groups is 2. The number of rotatable bonds is 5. The molecule has 2 N–H and O–H groups in total. The molecule has 4 rings (SSSR count). The molecule has 1 unspecified atom stereocenters. The molecule has 38 heavy (non-hydrogen) atoms. The van der Waals surface area contributed by atoms with E-state index in [0.29, 0.717) is 16.9 Å². The third-order valence-electron chi connectivity index (χ3n) is 5.94. The highest BCUT2D eigenvalue weighted by atomic mass is 35.5. The van der Waals surface area contributed by atoms with Gasteiger partial charge >= 0.3 is 6.18 Å². The molecule has 1 aliphatic rings. The van der Waals surface area contributed by atoms with Gasteiger partial charge < -0.3 is 9.57 Å². The SMILES string of the molecule is COc1cccc(C(=O)NNC(=O)c2ccc(C3=NOC(c4cc(Cl)cc(Cl)c4)(C(F)(F)F)C3)cc2C)c1. The van der Waals surface area contributed by atoms with Gasteiger partial charge in [0.2, 0.25) is 0 Å². The van der Waals surface area contributed by atoms with E-state index in [2.05, 4.69) is 16.0 Å². The van der Waals surface area contributed by atoms with Gasteiger partial charge in [0.1, 0.15) is 5.75 Å². The van der Waals surface area contributed by atoms with Crippen molar-refractivity contribution >= 4 is 40.7 Å². The summed E-state index contributed by atoms with van der Waals surface area (Å²) in [6.45, 7) is 1.60. The molecule has 3 aromatic carbocycles. The lowest BCUT2D eigenvalue weighted by Crippen LogP contribution is -2.42. The maximum Gasteiger partial charge on any atom is 0.435 e. The average molecular weight is 566 g/mol. The van der Waals surface area contributed by atoms with Crippen molar-refractivity contribution in [2.75, 3.05) is 7.11 Å². The first kappa shape index (κ1) is 27.3. The van der Waals surface area contributed by atoms with E-state index in [1.165, 1.54) is 37.4 Å². The summed E-state index contributed by atoms with van der Waals surface area (Å²) in [7, 11) is 1.46. The number of benzene rings is 3. The van der Waals surface area contributed by atoms with Gasteiger partial charge in [0.05, 0.1) is 12.8 Å². The molecule has 3 aromatic rings. The van der Waals surface area contributed by atoms with Gasteiger partial charge in [0.25, 0.3) is 17.4 Å². The Kier molecular flexibility index (Phi) is 7.57. The molecule has 0 aromatic heterocycles. The Hall–Kier alpha value is -3.76. The molecule has 7 nitrogen and oxygen atoms in total. The van der Waals surface area contributed by atoms with E-state index >= 15 is 0 Å². The van der Waals surface area contributed by atoms with Gasteiger partial charge in [0, 0.05) is 33.2 Å². The smallest absolute Gasteiger partial charge is 0.435 e. The van der Waals surface area contributed by atoms with E-state index in [1.54, 1.807) is 25.1 Å². The van der Waals surface area contributed by atoms with E-state index in [-0.39, 0.29) is 32.4 Å². The fraction of sp³-hybridized carbons (Fsp3) is 0.192. The predicted octanol–water partition coefficient (Wildman–Crippen LogP) is 5.97. The van der Waals surface area contributed by atoms with Crippen LogP contribution >= 0.6 is 23.2 Å². The van der Waals surface area contributed by atoms with Gasteiger partial charge in [0.15, 0.2) is 0 Å². The molecular formula is C26H20Cl2F3N3O4. The van der Waals surface area contributed by atoms with Crippen LogP contribution in [0.2, 0.25) is 10.0 Å². The quantitative estimate of drug-likeness (QED) is 0.373. The van der Waals surface area contributed by atoms with Crippen LogP contribution in [0.4, 0.5) is 13.2 Å². The maximum absolute atomic E-state index is 14.2. The van der Waals surface area contributed by atoms with E-state index in [9.17, 15) is 22.8 Å². The molecular weight excluding hydrogens is 546 g/mol. The third-order valence-corrected chi connectivity index (χ3v) is 6.38. The highest BCUT2D eigenvalue weighted by Crippen LogP contribution is 2.49. The Morgan fingerprint density at radius 3 is 2.32 bits per heavy atom. The van der Waals surface area contributed by atoms with Crippen LogP contribution in [0.15, 0.2) is 65.8 Å². The van der Waals surface area contributed by atoms with Crippen molar-refractivity contribution in [1.29, 1.82) is 0 Å². The van der Waals surface area contributed by atoms with Crippen LogP contribution in [0, 0.1) is 6.92 Å². The summed E-state index contributed by atoms with van der Waals surface area (Å²) in [5, 5.41) is 3.78. The van der Waals surface area contributed by atoms with E-state index in [4.69, 9.17) is 32.8 Å². The van der Waals surface area contributed by atoms with Crippen molar-refractivity contribution < 1.29 is 32.3 Å². The second kappa shape index (κ2) is 10.5. The van der Waals surface area contributed by atoms with Crippen LogP contribution in [0.1, 0.15) is 43.8 Å². The molecule has 0 radical (unpaired) electrons. The molecule has 1 aliphatic heterocycles. The summed E-state index contributed by atoms with van der Waals surface area (Å²) in [6.07, 6.45) is -5.46. The topological polar surface area (TPSA) is 89.0 Å². The lowest BCUT2D eigenvalue weighted by Gasteiger charge is -2.29. The van der Waals surface area contributed by atoms with Crippen LogP contribution in [0.25, 0.3) is 0 Å². The van der Waals surface area contributed by atoms with E-state index in [0.717, 1.165) is 12.1 Å². The monoisotopic (exact) mass is 565 g/mol. The first-order chi connectivity index (χ1) is 17.9. The molecule has 0 bridgehead atoms. The number of hydrazine groups is 1. The number of oxime groups is 1. The minimum atomic E-state index is -4.83. The van der Waals surface area contributed by atoms with Crippen LogP contribution in [-0.2, 0) is 10.4 Å². The number of nitrogens with one attached hydrogen (secondary N) is 2. The molecule has 0 spiro atoms. The number of amides is 2. The van der Waals surface area contributed by atoms with Crippen LogP contribution in [0.3, 0.4) is 0 Å². The molecule has 198 valence electrons. The minimum absolute atomic E-state index is 0.0258. The lowest BCUT2D eigenvalue weighted by molar-refractivity contribution is -0.275. The number of nitrogens with zero attached hydrogens (tertiary/aromatic N) is 1. The lowest BCUT2D eigenvalue weighted by atomic mass is 9.86. The largest absolute Gasteiger partial charge is 0.497 e. The Morgan fingerprint density at radius 2 is 1.68 bits per heavy atom. The van der Waals surface area contributed by atoms with Gasteiger partial charge in [-0.2, -0.15) is 13.2 Å². The molecule has 2 amide bonds. The second-order valence-electron chi connectivity index (χ2n) is 8.46. The van der Waals surface area contributed by atoms with Crippen molar-refractivity contribution in [3.8, 4) is 5.75 Å². The highest BCUT2D eigenvalue weighted by molar-refractivity contribution is 6.34. The normalized spacial score (nSPS) is 16.9. The standard InChI is InChI=1S/C26H20Cl2F3N3O4/c1-14-8-15(6-7-21(14)24(36)33-32-23(35)16-4-3-5-20(9-16)37-2)22-13-25(38-34-22,26(29,30)31)17-10-18(27)12-19(28)11-17/h3-12H,13H2,1-2H3,(H,32,35)(H,33,36). The molecule has 1 heterocycles. The molecule has 0 saturated carbocycles. The molecule has 0 aliphatic carbocycles. The fourth-order valence-corrected chi connectivity index (χ4v) is 4.49. The first-order valence-corrected chi connectivity index (χ1v) is 11.8. The summed E-state index contributed by atoms with van der Waals surface area (Å²) in [6, 6.07) is 14.3. The van der Waals surface area contributed by atoms with E-state index in [1.807, 2.05) is 0 Å². The maximum atomic E-state index is 14.2. The minimum Gasteiger partial charge on any atom is -0.497 e. The zero-order valence-electron chi connectivity index (χ0n) is 20.0. The summed E-state index contributed by atoms with van der Waals surface area (Å²) in [5.74, 6) is -0.705. The van der Waals surface area contributed by atoms with Gasteiger partial charge in [-0.05, 0) is 66.6 Å². The summed E-state index contributed by atoms with van der Waals surface area (Å²) in [4.78, 5) is 30.0. The number of alkyl halides is 3. The Balaban J connectivity index is 1.50. The van der Waals surface area contributed by atoms with E-state index < -0.39 is 30.0 Å². The van der Waals surface area contributed by atoms with Crippen molar-refractivity contribution in [1.82, 2.24) is 10.9 Å². The second-order valence-corrected chi connectivity index (χ2v) is 9.33. The van der Waals surface area contributed by atoms with Gasteiger partial charge in [-0.3, -0.25) is 20.4 Å². The zero-order valence-corrected chi connectivity index (χ0v) is 21.5. The molecule has 0 fully saturated rings. The predicted molar refractivity (Wildman–Crippen MR) is 136 cm³/mol. The molecule has 1 atom stereocenters. The molecule has 12 heteroatoms. The van der Waals surface area contributed by atoms with Gasteiger partial charge in [-0.15, -0.1) is 0 Å². The number of carbonyl (C=O) groups excluding carboxylic acids is 2. The highest BCUT2D eigenvalue weighted by Gasteiger charge is 2.62. The number of aryl methyl sites for hydroxylation is 1. The Bertz CT molecular complexity index is 1430. The third kappa shape index (κ3) is 5.41. The van der Waals surface area contributed by atoms with Gasteiger partial charge in [-0.1, -0.05) is 40.5 Å². The first-order valence-electron chi connectivity index (χ1n) is 11.1. The summed E-state index contributed by atoms with van der Waals surface area (Å²) < 4.78 is 47.8. The average Bonchev–Trinajstić information content (AvgIpc) is 3.34. The Labute approximate surface area is 225 Å². The number of methoxy groups -OCH3 is 1. The van der Waals surface area contributed by atoms with Crippen molar-refractivity contribution in [3.63, 3.8) is 0 Å².